The molecule has 0 saturated heterocycles. The predicted molar refractivity (Wildman–Crippen MR) is 109 cm³/mol. The van der Waals surface area contributed by atoms with Crippen LogP contribution >= 0.6 is 11.6 Å². The standard InChI is InChI=1S/C21H15ClN4O3/c1-12-6-19(24-21(27)28)25-26(12)11-16-8-17(22)7-15-9-18(29-20(15)16)14-4-2-13(10-23)3-5-14/h2-9H,11H2,1H3,(H,24,25)(H,27,28). The molecule has 0 radical (unpaired) electrons. The van der Waals surface area contributed by atoms with Gasteiger partial charge in [0.25, 0.3) is 0 Å². The van der Waals surface area contributed by atoms with Crippen molar-refractivity contribution >= 4 is 34.5 Å². The molecular weight excluding hydrogens is 392 g/mol. The van der Waals surface area contributed by atoms with E-state index < -0.39 is 6.09 Å². The Kier molecular flexibility index (Phi) is 4.71. The van der Waals surface area contributed by atoms with Gasteiger partial charge in [-0.3, -0.25) is 10.00 Å². The highest BCUT2D eigenvalue weighted by Crippen LogP contribution is 2.33. The molecule has 29 heavy (non-hydrogen) atoms. The fourth-order valence-corrected chi connectivity index (χ4v) is 3.41. The Hall–Kier alpha value is -3.76. The summed E-state index contributed by atoms with van der Waals surface area (Å²) >= 11 is 6.30. The van der Waals surface area contributed by atoms with Gasteiger partial charge in [0.2, 0.25) is 0 Å². The molecule has 1 amide bonds. The number of nitriles is 1. The van der Waals surface area contributed by atoms with Crippen LogP contribution in [0.2, 0.25) is 5.02 Å². The highest BCUT2D eigenvalue weighted by molar-refractivity contribution is 6.31. The van der Waals surface area contributed by atoms with Crippen molar-refractivity contribution in [3.63, 3.8) is 0 Å². The molecule has 2 N–H and O–H groups in total. The van der Waals surface area contributed by atoms with Crippen LogP contribution in [0.3, 0.4) is 0 Å². The smallest absolute Gasteiger partial charge is 0.410 e. The second kappa shape index (κ2) is 7.34. The lowest BCUT2D eigenvalue weighted by Crippen LogP contribution is -2.09. The lowest BCUT2D eigenvalue weighted by atomic mass is 10.1. The number of aromatic nitrogens is 2. The van der Waals surface area contributed by atoms with E-state index in [1.165, 1.54) is 0 Å². The number of nitrogens with one attached hydrogen (secondary N) is 1. The van der Waals surface area contributed by atoms with Crippen LogP contribution < -0.4 is 5.32 Å². The maximum absolute atomic E-state index is 10.8. The molecule has 2 heterocycles. The molecule has 0 atom stereocenters. The molecule has 4 rings (SSSR count). The minimum absolute atomic E-state index is 0.256. The maximum atomic E-state index is 10.8. The largest absolute Gasteiger partial charge is 0.465 e. The third-order valence-corrected chi connectivity index (χ3v) is 4.71. The van der Waals surface area contributed by atoms with E-state index in [0.29, 0.717) is 28.5 Å². The van der Waals surface area contributed by atoms with Crippen LogP contribution in [-0.2, 0) is 6.54 Å². The second-order valence-electron chi connectivity index (χ2n) is 6.54. The fraction of sp³-hybridized carbons (Fsp3) is 0.0952. The van der Waals surface area contributed by atoms with Crippen molar-refractivity contribution in [2.24, 2.45) is 0 Å². The molecule has 2 aromatic heterocycles. The summed E-state index contributed by atoms with van der Waals surface area (Å²) in [5.41, 5.74) is 3.72. The van der Waals surface area contributed by atoms with E-state index in [1.807, 2.05) is 31.2 Å². The zero-order chi connectivity index (χ0) is 20.5. The summed E-state index contributed by atoms with van der Waals surface area (Å²) in [6, 6.07) is 16.4. The van der Waals surface area contributed by atoms with Gasteiger partial charge >= 0.3 is 6.09 Å². The van der Waals surface area contributed by atoms with Crippen LogP contribution in [-0.4, -0.2) is 21.0 Å². The summed E-state index contributed by atoms with van der Waals surface area (Å²) < 4.78 is 7.79. The van der Waals surface area contributed by atoms with Gasteiger partial charge in [-0.1, -0.05) is 11.6 Å². The Balaban J connectivity index is 1.73. The van der Waals surface area contributed by atoms with Crippen LogP contribution in [0.1, 0.15) is 16.8 Å². The fourth-order valence-electron chi connectivity index (χ4n) is 3.16. The number of nitrogens with zero attached hydrogens (tertiary/aromatic N) is 3. The Bertz CT molecular complexity index is 1270. The summed E-state index contributed by atoms with van der Waals surface area (Å²) in [6.07, 6.45) is -1.17. The number of fused-ring (bicyclic) bond motifs is 1. The number of rotatable bonds is 4. The average molecular weight is 407 g/mol. The molecule has 8 heteroatoms. The van der Waals surface area contributed by atoms with E-state index in [9.17, 15) is 4.79 Å². The summed E-state index contributed by atoms with van der Waals surface area (Å²) in [4.78, 5) is 10.8. The first-order valence-corrected chi connectivity index (χ1v) is 9.07. The van der Waals surface area contributed by atoms with Gasteiger partial charge in [0.05, 0.1) is 18.2 Å². The van der Waals surface area contributed by atoms with Crippen molar-refractivity contribution in [2.75, 3.05) is 5.32 Å². The van der Waals surface area contributed by atoms with E-state index in [-0.39, 0.29) is 5.82 Å². The molecule has 2 aromatic carbocycles. The van der Waals surface area contributed by atoms with E-state index in [4.69, 9.17) is 26.4 Å². The summed E-state index contributed by atoms with van der Waals surface area (Å²) in [5, 5.41) is 25.8. The predicted octanol–water partition coefficient (Wildman–Crippen LogP) is 5.27. The Morgan fingerprint density at radius 3 is 2.72 bits per heavy atom. The van der Waals surface area contributed by atoms with Crippen molar-refractivity contribution in [1.29, 1.82) is 5.26 Å². The number of hydrogen-bond donors (Lipinski definition) is 2. The van der Waals surface area contributed by atoms with Crippen LogP contribution in [0.15, 0.2) is 52.9 Å². The summed E-state index contributed by atoms with van der Waals surface area (Å²) in [7, 11) is 0. The van der Waals surface area contributed by atoms with Crippen molar-refractivity contribution in [1.82, 2.24) is 9.78 Å². The molecule has 0 fully saturated rings. The number of anilines is 1. The van der Waals surface area contributed by atoms with Crippen molar-refractivity contribution < 1.29 is 14.3 Å². The highest BCUT2D eigenvalue weighted by atomic mass is 35.5. The molecule has 0 unspecified atom stereocenters. The van der Waals surface area contributed by atoms with Crippen LogP contribution in [0.25, 0.3) is 22.3 Å². The Morgan fingerprint density at radius 1 is 1.28 bits per heavy atom. The van der Waals surface area contributed by atoms with Crippen molar-refractivity contribution in [3.05, 3.63) is 70.4 Å². The van der Waals surface area contributed by atoms with E-state index in [0.717, 1.165) is 22.2 Å². The zero-order valence-electron chi connectivity index (χ0n) is 15.3. The minimum Gasteiger partial charge on any atom is -0.465 e. The molecule has 0 spiro atoms. The van der Waals surface area contributed by atoms with Gasteiger partial charge in [0, 0.05) is 33.3 Å². The van der Waals surface area contributed by atoms with Crippen molar-refractivity contribution in [3.8, 4) is 17.4 Å². The zero-order valence-corrected chi connectivity index (χ0v) is 16.1. The number of amides is 1. The van der Waals surface area contributed by atoms with Gasteiger partial charge in [0.15, 0.2) is 5.82 Å². The first kappa shape index (κ1) is 18.6. The van der Waals surface area contributed by atoms with Crippen LogP contribution in [0, 0.1) is 18.3 Å². The molecule has 0 bridgehead atoms. The van der Waals surface area contributed by atoms with E-state index >= 15 is 0 Å². The topological polar surface area (TPSA) is 104 Å². The van der Waals surface area contributed by atoms with Gasteiger partial charge in [0.1, 0.15) is 11.3 Å². The van der Waals surface area contributed by atoms with Gasteiger partial charge in [-0.05, 0) is 49.4 Å². The van der Waals surface area contributed by atoms with E-state index in [1.54, 1.807) is 28.9 Å². The molecule has 0 aliphatic carbocycles. The van der Waals surface area contributed by atoms with Gasteiger partial charge in [-0.25, -0.2) is 4.79 Å². The number of halogens is 1. The SMILES string of the molecule is Cc1cc(NC(=O)O)nn1Cc1cc(Cl)cc2cc(-c3ccc(C#N)cc3)oc12. The number of hydrogen-bond acceptors (Lipinski definition) is 4. The van der Waals surface area contributed by atoms with Crippen LogP contribution in [0.5, 0.6) is 0 Å². The van der Waals surface area contributed by atoms with Gasteiger partial charge in [-0.2, -0.15) is 10.4 Å². The normalized spacial score (nSPS) is 10.8. The molecular formula is C21H15ClN4O3. The van der Waals surface area contributed by atoms with Crippen LogP contribution in [0.4, 0.5) is 10.6 Å². The third-order valence-electron chi connectivity index (χ3n) is 4.49. The first-order chi connectivity index (χ1) is 13.9. The molecule has 0 aliphatic rings. The summed E-state index contributed by atoms with van der Waals surface area (Å²) in [5.74, 6) is 0.921. The lowest BCUT2D eigenvalue weighted by molar-refractivity contribution is 0.209. The molecule has 0 aliphatic heterocycles. The van der Waals surface area contributed by atoms with Gasteiger partial charge in [-0.15, -0.1) is 0 Å². The number of furan rings is 1. The average Bonchev–Trinajstić information content (AvgIpc) is 3.25. The van der Waals surface area contributed by atoms with Gasteiger partial charge < -0.3 is 9.52 Å². The third kappa shape index (κ3) is 3.79. The van der Waals surface area contributed by atoms with Crippen molar-refractivity contribution in [2.45, 2.75) is 13.5 Å². The molecule has 0 saturated carbocycles. The van der Waals surface area contributed by atoms with E-state index in [2.05, 4.69) is 16.5 Å². The molecule has 4 aromatic rings. The number of benzene rings is 2. The Labute approximate surface area is 170 Å². The maximum Gasteiger partial charge on any atom is 0.410 e. The minimum atomic E-state index is -1.17. The molecule has 144 valence electrons. The summed E-state index contributed by atoms with van der Waals surface area (Å²) in [6.45, 7) is 2.20. The number of aryl methyl sites for hydroxylation is 1. The quantitative estimate of drug-likeness (QED) is 0.480. The molecule has 7 nitrogen and oxygen atoms in total. The highest BCUT2D eigenvalue weighted by Gasteiger charge is 2.14. The Morgan fingerprint density at radius 2 is 2.03 bits per heavy atom. The lowest BCUT2D eigenvalue weighted by Gasteiger charge is -2.06. The first-order valence-electron chi connectivity index (χ1n) is 8.70. The second-order valence-corrected chi connectivity index (χ2v) is 6.98. The number of carbonyl (C=O) groups is 1. The number of carboxylic acid groups (broad SMARTS) is 1. The monoisotopic (exact) mass is 406 g/mol.